The van der Waals surface area contributed by atoms with Crippen molar-refractivity contribution in [2.75, 3.05) is 19.8 Å². The molecule has 1 aromatic carbocycles. The lowest BCUT2D eigenvalue weighted by molar-refractivity contribution is -0.323. The fourth-order valence-electron chi connectivity index (χ4n) is 6.56. The number of carbonyl (C=O) groups excluding carboxylic acids is 1. The van der Waals surface area contributed by atoms with Gasteiger partial charge in [-0.15, -0.1) is 0 Å². The lowest BCUT2D eigenvalue weighted by Gasteiger charge is -2.42. The summed E-state index contributed by atoms with van der Waals surface area (Å²) in [5.74, 6) is 0.324. The Kier molecular flexibility index (Phi) is 17.9. The number of aliphatic hydroxyl groups excluding tert-OH is 8. The van der Waals surface area contributed by atoms with Crippen molar-refractivity contribution < 1.29 is 64.6 Å². The molecular formula is C38H60N2O13. The Morgan fingerprint density at radius 3 is 2.21 bits per heavy atom. The summed E-state index contributed by atoms with van der Waals surface area (Å²) in [7, 11) is 0. The number of amides is 1. The van der Waals surface area contributed by atoms with Crippen molar-refractivity contribution in [1.29, 1.82) is 0 Å². The first-order valence-corrected chi connectivity index (χ1v) is 19.0. The molecule has 300 valence electrons. The molecule has 1 amide bonds. The van der Waals surface area contributed by atoms with Crippen LogP contribution in [0.5, 0.6) is 5.75 Å². The SMILES string of the molecule is C[C@@H](O)CCCC/C=C\CCCCCCCC(=O)NCCc1c[nH]c2ccc(O[C@@H]3O[C@@H](CO[C@@H]4O[C@H](CO)[C@@H](O)[C@H](O)[C@@H]4O)[C@@H](O)[C@@H](O)[C@@H]3O)cc12. The van der Waals surface area contributed by atoms with Crippen molar-refractivity contribution >= 4 is 16.8 Å². The average Bonchev–Trinajstić information content (AvgIpc) is 3.54. The van der Waals surface area contributed by atoms with E-state index in [1.54, 1.807) is 18.2 Å². The molecule has 0 spiro atoms. The van der Waals surface area contributed by atoms with Crippen LogP contribution in [0.1, 0.15) is 83.1 Å². The average molecular weight is 753 g/mol. The van der Waals surface area contributed by atoms with Gasteiger partial charge in [-0.2, -0.15) is 0 Å². The molecule has 0 unspecified atom stereocenters. The minimum absolute atomic E-state index is 0.0154. The van der Waals surface area contributed by atoms with Crippen LogP contribution in [0.4, 0.5) is 0 Å². The molecule has 2 fully saturated rings. The van der Waals surface area contributed by atoms with Crippen molar-refractivity contribution in [3.8, 4) is 5.75 Å². The molecule has 2 aromatic rings. The number of carbonyl (C=O) groups is 1. The summed E-state index contributed by atoms with van der Waals surface area (Å²) in [4.78, 5) is 15.6. The van der Waals surface area contributed by atoms with E-state index in [-0.39, 0.29) is 12.0 Å². The highest BCUT2D eigenvalue weighted by Gasteiger charge is 2.48. The molecule has 11 atom stereocenters. The van der Waals surface area contributed by atoms with E-state index in [0.717, 1.165) is 80.7 Å². The number of benzene rings is 1. The van der Waals surface area contributed by atoms with E-state index in [2.05, 4.69) is 22.5 Å². The molecule has 2 saturated heterocycles. The quantitative estimate of drug-likeness (QED) is 0.0599. The summed E-state index contributed by atoms with van der Waals surface area (Å²) in [6.07, 6.45) is 2.44. The number of aromatic amines is 1. The Hall–Kier alpha value is -2.67. The predicted molar refractivity (Wildman–Crippen MR) is 194 cm³/mol. The number of nitrogens with one attached hydrogen (secondary N) is 2. The van der Waals surface area contributed by atoms with Crippen molar-refractivity contribution in [3.05, 3.63) is 42.1 Å². The Labute approximate surface area is 310 Å². The van der Waals surface area contributed by atoms with Crippen molar-refractivity contribution in [2.24, 2.45) is 0 Å². The molecule has 0 aliphatic carbocycles. The van der Waals surface area contributed by atoms with Crippen LogP contribution in [0.2, 0.25) is 0 Å². The first-order valence-electron chi connectivity index (χ1n) is 19.0. The number of hydrogen-bond donors (Lipinski definition) is 10. The van der Waals surface area contributed by atoms with Gasteiger partial charge in [0, 0.05) is 30.1 Å². The molecule has 0 saturated carbocycles. The first kappa shape index (κ1) is 43.1. The minimum Gasteiger partial charge on any atom is -0.462 e. The van der Waals surface area contributed by atoms with Gasteiger partial charge in [0.05, 0.1) is 19.3 Å². The van der Waals surface area contributed by atoms with Gasteiger partial charge in [-0.1, -0.05) is 37.8 Å². The molecule has 0 bridgehead atoms. The third-order valence-electron chi connectivity index (χ3n) is 9.83. The summed E-state index contributed by atoms with van der Waals surface area (Å²) < 4.78 is 22.5. The van der Waals surface area contributed by atoms with E-state index >= 15 is 0 Å². The van der Waals surface area contributed by atoms with Crippen LogP contribution in [0.3, 0.4) is 0 Å². The second-order valence-corrected chi connectivity index (χ2v) is 14.2. The summed E-state index contributed by atoms with van der Waals surface area (Å²) in [5, 5.41) is 84.5. The molecule has 2 aliphatic rings. The van der Waals surface area contributed by atoms with Gasteiger partial charge in [-0.05, 0) is 75.6 Å². The van der Waals surface area contributed by atoms with Crippen molar-refractivity contribution in [1.82, 2.24) is 10.3 Å². The topological polar surface area (TPSA) is 244 Å². The summed E-state index contributed by atoms with van der Waals surface area (Å²) in [6.45, 7) is 1.16. The highest BCUT2D eigenvalue weighted by Crippen LogP contribution is 2.29. The van der Waals surface area contributed by atoms with Gasteiger partial charge in [-0.25, -0.2) is 0 Å². The Balaban J connectivity index is 1.17. The van der Waals surface area contributed by atoms with E-state index in [0.29, 0.717) is 25.1 Å². The molecule has 2 aliphatic heterocycles. The molecule has 15 heteroatoms. The Morgan fingerprint density at radius 2 is 1.49 bits per heavy atom. The highest BCUT2D eigenvalue weighted by molar-refractivity contribution is 5.84. The lowest BCUT2D eigenvalue weighted by Crippen LogP contribution is -2.62. The summed E-state index contributed by atoms with van der Waals surface area (Å²) in [5.41, 5.74) is 1.76. The number of H-pyrrole nitrogens is 1. The summed E-state index contributed by atoms with van der Waals surface area (Å²) >= 11 is 0. The zero-order valence-corrected chi connectivity index (χ0v) is 30.5. The molecule has 10 N–H and O–H groups in total. The van der Waals surface area contributed by atoms with Gasteiger partial charge in [0.1, 0.15) is 54.6 Å². The molecule has 1 aromatic heterocycles. The molecule has 3 heterocycles. The number of unbranched alkanes of at least 4 members (excludes halogenated alkanes) is 7. The standard InChI is InChI=1S/C38H60N2O13/c1-23(42)13-11-9-7-5-3-2-4-6-8-10-12-14-30(43)39-18-17-24-20-40-27-16-15-25(19-26(24)27)51-38-36(49)34(47)32(45)29(53-38)22-50-37-35(48)33(46)31(44)28(21-41)52-37/h3,5,15-16,19-20,23,28-29,31-38,40-42,44-49H,2,4,6-14,17-18,21-22H2,1H3,(H,39,43)/b5-3-/t23-,28-,29+,31-,32-,33+,34-,35+,36+,37-,38-/m1/s1. The van der Waals surface area contributed by atoms with Gasteiger partial charge < -0.3 is 70.1 Å². The van der Waals surface area contributed by atoms with Crippen LogP contribution in [-0.4, -0.2) is 139 Å². The zero-order chi connectivity index (χ0) is 38.3. The maximum Gasteiger partial charge on any atom is 0.229 e. The van der Waals surface area contributed by atoms with Crippen LogP contribution < -0.4 is 10.1 Å². The summed E-state index contributed by atoms with van der Waals surface area (Å²) in [6, 6.07) is 5.17. The molecule has 0 radical (unpaired) electrons. The highest BCUT2D eigenvalue weighted by atomic mass is 16.7. The van der Waals surface area contributed by atoms with Gasteiger partial charge >= 0.3 is 0 Å². The van der Waals surface area contributed by atoms with E-state index in [1.807, 2.05) is 13.1 Å². The van der Waals surface area contributed by atoms with Gasteiger partial charge in [0.25, 0.3) is 0 Å². The largest absolute Gasteiger partial charge is 0.462 e. The van der Waals surface area contributed by atoms with E-state index in [1.165, 1.54) is 0 Å². The molecule has 53 heavy (non-hydrogen) atoms. The van der Waals surface area contributed by atoms with E-state index in [9.17, 15) is 45.6 Å². The second-order valence-electron chi connectivity index (χ2n) is 14.2. The second kappa shape index (κ2) is 22.0. The number of fused-ring (bicyclic) bond motifs is 1. The number of allylic oxidation sites excluding steroid dienone is 2. The van der Waals surface area contributed by atoms with E-state index < -0.39 is 74.6 Å². The van der Waals surface area contributed by atoms with Crippen molar-refractivity contribution in [3.63, 3.8) is 0 Å². The van der Waals surface area contributed by atoms with Crippen LogP contribution in [0.25, 0.3) is 10.9 Å². The number of hydrogen-bond acceptors (Lipinski definition) is 13. The third kappa shape index (κ3) is 13.0. The van der Waals surface area contributed by atoms with Crippen LogP contribution >= 0.6 is 0 Å². The predicted octanol–water partition coefficient (Wildman–Crippen LogP) is 1.06. The smallest absolute Gasteiger partial charge is 0.229 e. The monoisotopic (exact) mass is 752 g/mol. The number of rotatable bonds is 22. The van der Waals surface area contributed by atoms with Crippen molar-refractivity contribution in [2.45, 2.75) is 151 Å². The van der Waals surface area contributed by atoms with Gasteiger partial charge in [0.2, 0.25) is 12.2 Å². The third-order valence-corrected chi connectivity index (χ3v) is 9.83. The zero-order valence-electron chi connectivity index (χ0n) is 30.5. The number of aliphatic hydroxyl groups is 8. The maximum absolute atomic E-state index is 12.4. The molecule has 15 nitrogen and oxygen atoms in total. The Morgan fingerprint density at radius 1 is 0.849 bits per heavy atom. The van der Waals surface area contributed by atoms with Gasteiger partial charge in [0.15, 0.2) is 6.29 Å². The molecule has 4 rings (SSSR count). The van der Waals surface area contributed by atoms with E-state index in [4.69, 9.17) is 18.9 Å². The molecular weight excluding hydrogens is 692 g/mol. The maximum atomic E-state index is 12.4. The fourth-order valence-corrected chi connectivity index (χ4v) is 6.56. The van der Waals surface area contributed by atoms with Crippen LogP contribution in [-0.2, 0) is 25.4 Å². The van der Waals surface area contributed by atoms with Crippen LogP contribution in [0.15, 0.2) is 36.5 Å². The van der Waals surface area contributed by atoms with Gasteiger partial charge in [-0.3, -0.25) is 4.79 Å². The number of ether oxygens (including phenoxy) is 4. The number of aromatic nitrogens is 1. The van der Waals surface area contributed by atoms with Crippen LogP contribution in [0, 0.1) is 0 Å². The minimum atomic E-state index is -1.68. The lowest BCUT2D eigenvalue weighted by atomic mass is 9.98. The fraction of sp³-hybridized carbons (Fsp3) is 0.711. The normalized spacial score (nSPS) is 29.8. The Bertz CT molecular complexity index is 1390. The first-order chi connectivity index (χ1) is 25.5.